The van der Waals surface area contributed by atoms with E-state index in [0.29, 0.717) is 12.3 Å². The molecule has 7 heteroatoms. The summed E-state index contributed by atoms with van der Waals surface area (Å²) in [4.78, 5) is 7.76. The Hall–Kier alpha value is -2.12. The largest absolute Gasteiger partial charge is 0.489 e. The van der Waals surface area contributed by atoms with Crippen LogP contribution in [0.1, 0.15) is 17.8 Å². The van der Waals surface area contributed by atoms with Crippen molar-refractivity contribution in [1.82, 2.24) is 15.5 Å². The second-order valence-electron chi connectivity index (χ2n) is 6.21. The minimum absolute atomic E-state index is 0.0825. The van der Waals surface area contributed by atoms with Gasteiger partial charge >= 0.3 is 0 Å². The van der Waals surface area contributed by atoms with Crippen molar-refractivity contribution in [3.05, 3.63) is 52.5 Å². The summed E-state index contributed by atoms with van der Waals surface area (Å²) in [5.74, 6) is 1.10. The zero-order valence-corrected chi connectivity index (χ0v) is 16.5. The Morgan fingerprint density at radius 3 is 2.46 bits per heavy atom. The molecule has 2 aromatic rings. The summed E-state index contributed by atoms with van der Waals surface area (Å²) in [5, 5.41) is 8.72. The zero-order chi connectivity index (χ0) is 18.9. The Kier molecular flexibility index (Phi) is 7.87. The maximum atomic E-state index is 12.9. The van der Waals surface area contributed by atoms with E-state index in [-0.39, 0.29) is 18.0 Å². The summed E-state index contributed by atoms with van der Waals surface area (Å²) in [7, 11) is 5.89. The number of ether oxygens (including phenoxy) is 1. The molecule has 2 rings (SSSR count). The van der Waals surface area contributed by atoms with Gasteiger partial charge in [-0.25, -0.2) is 4.39 Å². The Bertz CT molecular complexity index is 673. The van der Waals surface area contributed by atoms with Crippen LogP contribution in [0, 0.1) is 5.82 Å². The first kappa shape index (κ1) is 20.2. The first-order chi connectivity index (χ1) is 12.5. The maximum absolute atomic E-state index is 12.9. The number of hydrogen-bond acceptors (Lipinski definition) is 4. The van der Waals surface area contributed by atoms with Gasteiger partial charge in [-0.05, 0) is 56.7 Å². The van der Waals surface area contributed by atoms with E-state index < -0.39 is 0 Å². The van der Waals surface area contributed by atoms with Crippen molar-refractivity contribution in [2.45, 2.75) is 19.1 Å². The molecule has 0 bridgehead atoms. The number of nitrogens with one attached hydrogen (secondary N) is 2. The van der Waals surface area contributed by atoms with Crippen LogP contribution in [0.4, 0.5) is 4.39 Å². The van der Waals surface area contributed by atoms with E-state index in [1.165, 1.54) is 17.0 Å². The highest BCUT2D eigenvalue weighted by Gasteiger charge is 2.15. The number of hydrogen-bond donors (Lipinski definition) is 2. The molecule has 1 heterocycles. The van der Waals surface area contributed by atoms with Gasteiger partial charge in [0.05, 0.1) is 12.6 Å². The maximum Gasteiger partial charge on any atom is 0.191 e. The van der Waals surface area contributed by atoms with Crippen LogP contribution in [0.2, 0.25) is 0 Å². The highest BCUT2D eigenvalue weighted by Crippen LogP contribution is 2.22. The lowest BCUT2D eigenvalue weighted by Crippen LogP contribution is -2.44. The van der Waals surface area contributed by atoms with E-state index in [9.17, 15) is 4.39 Å². The third kappa shape index (κ3) is 6.31. The lowest BCUT2D eigenvalue weighted by molar-refractivity contribution is 0.223. The molecule has 0 aliphatic carbocycles. The summed E-state index contributed by atoms with van der Waals surface area (Å²) < 4.78 is 18.7. The van der Waals surface area contributed by atoms with Gasteiger partial charge in [-0.1, -0.05) is 6.07 Å². The van der Waals surface area contributed by atoms with Gasteiger partial charge in [-0.3, -0.25) is 4.99 Å². The van der Waals surface area contributed by atoms with Gasteiger partial charge in [0.1, 0.15) is 17.7 Å². The van der Waals surface area contributed by atoms with Crippen molar-refractivity contribution >= 4 is 17.3 Å². The van der Waals surface area contributed by atoms with Crippen LogP contribution >= 0.6 is 11.3 Å². The summed E-state index contributed by atoms with van der Waals surface area (Å²) in [6.45, 7) is 3.29. The Balaban J connectivity index is 1.80. The van der Waals surface area contributed by atoms with Crippen molar-refractivity contribution in [1.29, 1.82) is 0 Å². The molecule has 1 aromatic heterocycles. The van der Waals surface area contributed by atoms with Gasteiger partial charge in [-0.2, -0.15) is 0 Å². The standard InChI is InChI=1S/C19H27FN4OS/c1-14(25-16-9-7-15(20)8-10-16)12-22-19(21-2)23-13-17(24(3)4)18-6-5-11-26-18/h5-11,14,17H,12-13H2,1-4H3,(H2,21,22,23). The molecular weight excluding hydrogens is 351 g/mol. The zero-order valence-electron chi connectivity index (χ0n) is 15.7. The molecule has 2 unspecified atom stereocenters. The van der Waals surface area contributed by atoms with Gasteiger partial charge in [0.2, 0.25) is 0 Å². The number of halogens is 1. The third-order valence-electron chi connectivity index (χ3n) is 3.89. The number of benzene rings is 1. The molecule has 5 nitrogen and oxygen atoms in total. The highest BCUT2D eigenvalue weighted by molar-refractivity contribution is 7.10. The van der Waals surface area contributed by atoms with Crippen molar-refractivity contribution in [2.24, 2.45) is 4.99 Å². The van der Waals surface area contributed by atoms with Crippen LogP contribution in [0.25, 0.3) is 0 Å². The van der Waals surface area contributed by atoms with Crippen molar-refractivity contribution in [3.8, 4) is 5.75 Å². The summed E-state index contributed by atoms with van der Waals surface area (Å²) in [6, 6.07) is 10.5. The number of likely N-dealkylation sites (N-methyl/N-ethyl adjacent to an activating group) is 1. The molecule has 0 saturated carbocycles. The quantitative estimate of drug-likeness (QED) is 0.547. The monoisotopic (exact) mass is 378 g/mol. The molecular formula is C19H27FN4OS. The van der Waals surface area contributed by atoms with E-state index in [1.54, 1.807) is 30.5 Å². The number of nitrogens with zero attached hydrogens (tertiary/aromatic N) is 2. The lowest BCUT2D eigenvalue weighted by atomic mass is 10.2. The molecule has 1 aromatic carbocycles. The van der Waals surface area contributed by atoms with E-state index in [1.807, 2.05) is 6.92 Å². The first-order valence-electron chi connectivity index (χ1n) is 8.56. The molecule has 26 heavy (non-hydrogen) atoms. The Labute approximate surface area is 158 Å². The van der Waals surface area contributed by atoms with Crippen LogP contribution in [0.5, 0.6) is 5.75 Å². The van der Waals surface area contributed by atoms with Crippen LogP contribution in [-0.2, 0) is 0 Å². The molecule has 0 saturated heterocycles. The van der Waals surface area contributed by atoms with E-state index in [0.717, 1.165) is 12.5 Å². The van der Waals surface area contributed by atoms with Gasteiger partial charge in [-0.15, -0.1) is 11.3 Å². The Morgan fingerprint density at radius 2 is 1.88 bits per heavy atom. The van der Waals surface area contributed by atoms with Crippen LogP contribution in [0.3, 0.4) is 0 Å². The van der Waals surface area contributed by atoms with Crippen molar-refractivity contribution < 1.29 is 9.13 Å². The van der Waals surface area contributed by atoms with Gasteiger partial charge in [0.15, 0.2) is 5.96 Å². The molecule has 2 N–H and O–H groups in total. The van der Waals surface area contributed by atoms with Crippen molar-refractivity contribution in [3.63, 3.8) is 0 Å². The lowest BCUT2D eigenvalue weighted by Gasteiger charge is -2.25. The van der Waals surface area contributed by atoms with Crippen LogP contribution < -0.4 is 15.4 Å². The predicted molar refractivity (Wildman–Crippen MR) is 107 cm³/mol. The fourth-order valence-corrected chi connectivity index (χ4v) is 3.38. The number of aliphatic imine (C=N–C) groups is 1. The fourth-order valence-electron chi connectivity index (χ4n) is 2.46. The molecule has 0 spiro atoms. The number of guanidine groups is 1. The third-order valence-corrected chi connectivity index (χ3v) is 4.86. The minimum Gasteiger partial charge on any atom is -0.489 e. The molecule has 2 atom stereocenters. The molecule has 0 aliphatic rings. The predicted octanol–water partition coefficient (Wildman–Crippen LogP) is 3.12. The number of rotatable bonds is 8. The number of thiophene rings is 1. The van der Waals surface area contributed by atoms with Gasteiger partial charge < -0.3 is 20.3 Å². The summed E-state index contributed by atoms with van der Waals surface area (Å²) in [6.07, 6.45) is -0.0825. The smallest absolute Gasteiger partial charge is 0.191 e. The van der Waals surface area contributed by atoms with Crippen molar-refractivity contribution in [2.75, 3.05) is 34.2 Å². The Morgan fingerprint density at radius 1 is 1.19 bits per heavy atom. The second kappa shape index (κ2) is 10.1. The average molecular weight is 379 g/mol. The van der Waals surface area contributed by atoms with Crippen LogP contribution in [-0.4, -0.2) is 51.2 Å². The SMILES string of the molecule is CN=C(NCC(C)Oc1ccc(F)cc1)NCC(c1cccs1)N(C)C. The van der Waals surface area contributed by atoms with Gasteiger partial charge in [0.25, 0.3) is 0 Å². The first-order valence-corrected chi connectivity index (χ1v) is 9.44. The highest BCUT2D eigenvalue weighted by atomic mass is 32.1. The molecule has 0 aliphatic heterocycles. The molecule has 0 radical (unpaired) electrons. The van der Waals surface area contributed by atoms with E-state index in [2.05, 4.69) is 52.1 Å². The normalized spacial score (nSPS) is 14.2. The molecule has 142 valence electrons. The van der Waals surface area contributed by atoms with Gasteiger partial charge in [0, 0.05) is 18.5 Å². The second-order valence-corrected chi connectivity index (χ2v) is 7.19. The fraction of sp³-hybridized carbons (Fsp3) is 0.421. The minimum atomic E-state index is -0.270. The summed E-state index contributed by atoms with van der Waals surface area (Å²) >= 11 is 1.75. The topological polar surface area (TPSA) is 48.9 Å². The van der Waals surface area contributed by atoms with E-state index in [4.69, 9.17) is 4.74 Å². The summed E-state index contributed by atoms with van der Waals surface area (Å²) in [5.41, 5.74) is 0. The van der Waals surface area contributed by atoms with E-state index >= 15 is 0 Å². The molecule has 0 fully saturated rings. The average Bonchev–Trinajstić information content (AvgIpc) is 3.14. The van der Waals surface area contributed by atoms with Crippen LogP contribution in [0.15, 0.2) is 46.8 Å². The molecule has 0 amide bonds.